The van der Waals surface area contributed by atoms with Crippen LogP contribution < -0.4 is 15.4 Å². The largest absolute Gasteiger partial charge is 0.492 e. The van der Waals surface area contributed by atoms with Crippen molar-refractivity contribution in [2.24, 2.45) is 10.9 Å². The maximum atomic E-state index is 13.8. The van der Waals surface area contributed by atoms with Crippen LogP contribution in [0.5, 0.6) is 5.75 Å². The molecule has 2 N–H and O–H groups in total. The molecule has 5 rings (SSSR count). The number of likely N-dealkylation sites (N-methyl/N-ethyl adjacent to an activating group) is 1. The summed E-state index contributed by atoms with van der Waals surface area (Å²) < 4.78 is 47.3. The molecule has 208 valence electrons. The summed E-state index contributed by atoms with van der Waals surface area (Å²) in [4.78, 5) is 20.4. The van der Waals surface area contributed by atoms with E-state index >= 15 is 0 Å². The number of nitrogens with one attached hydrogen (secondary N) is 2. The van der Waals surface area contributed by atoms with Crippen LogP contribution in [0.1, 0.15) is 30.0 Å². The van der Waals surface area contributed by atoms with Crippen molar-refractivity contribution in [1.29, 1.82) is 0 Å². The Balaban J connectivity index is 1.12. The van der Waals surface area contributed by atoms with Crippen LogP contribution in [0.25, 0.3) is 5.57 Å². The summed E-state index contributed by atoms with van der Waals surface area (Å²) in [5.74, 6) is 0.755. The van der Waals surface area contributed by atoms with Crippen LogP contribution in [0, 0.1) is 5.92 Å². The van der Waals surface area contributed by atoms with E-state index in [0.717, 1.165) is 43.9 Å². The minimum absolute atomic E-state index is 0.0173. The van der Waals surface area contributed by atoms with Gasteiger partial charge in [0.1, 0.15) is 18.5 Å². The molecule has 2 fully saturated rings. The molecule has 10 heteroatoms. The summed E-state index contributed by atoms with van der Waals surface area (Å²) in [5.41, 5.74) is 2.08. The number of dihydropyridines is 1. The quantitative estimate of drug-likeness (QED) is 0.465. The number of halogens is 3. The van der Waals surface area contributed by atoms with Gasteiger partial charge in [0.25, 0.3) is 0 Å². The van der Waals surface area contributed by atoms with Crippen molar-refractivity contribution in [1.82, 2.24) is 15.1 Å². The van der Waals surface area contributed by atoms with Crippen LogP contribution in [-0.4, -0.2) is 74.0 Å². The number of hydrogen-bond donors (Lipinski definition) is 2. The molecule has 3 aliphatic rings. The Morgan fingerprint density at radius 1 is 1.08 bits per heavy atom. The SMILES string of the molecule is CCN1CCN(Cc2ccc(NCCOc3ccc(C4=CC5CC(=O)NC5N=C4)cc3)cc2C(F)(F)F)CC1. The Hall–Kier alpha value is -3.37. The number of fused-ring (bicyclic) bond motifs is 1. The zero-order valence-electron chi connectivity index (χ0n) is 22.0. The summed E-state index contributed by atoms with van der Waals surface area (Å²) in [6, 6.07) is 12.1. The number of carbonyl (C=O) groups excluding carboxylic acids is 1. The molecule has 0 spiro atoms. The zero-order chi connectivity index (χ0) is 27.4. The first-order chi connectivity index (χ1) is 18.8. The lowest BCUT2D eigenvalue weighted by Gasteiger charge is -2.34. The Labute approximate surface area is 226 Å². The summed E-state index contributed by atoms with van der Waals surface area (Å²) in [6.07, 6.45) is -0.286. The predicted molar refractivity (Wildman–Crippen MR) is 146 cm³/mol. The fourth-order valence-electron chi connectivity index (χ4n) is 5.26. The Morgan fingerprint density at radius 2 is 1.82 bits per heavy atom. The van der Waals surface area contributed by atoms with Crippen LogP contribution in [0.2, 0.25) is 0 Å². The maximum absolute atomic E-state index is 13.8. The topological polar surface area (TPSA) is 69.2 Å². The van der Waals surface area contributed by atoms with E-state index in [-0.39, 0.29) is 18.0 Å². The van der Waals surface area contributed by atoms with Gasteiger partial charge >= 0.3 is 6.18 Å². The third-order valence-corrected chi connectivity index (χ3v) is 7.51. The first-order valence-corrected chi connectivity index (χ1v) is 13.4. The number of nitrogens with zero attached hydrogens (tertiary/aromatic N) is 3. The van der Waals surface area contributed by atoms with Crippen LogP contribution in [0.15, 0.2) is 53.5 Å². The molecular weight excluding hydrogens is 507 g/mol. The van der Waals surface area contributed by atoms with Crippen LogP contribution in [-0.2, 0) is 17.5 Å². The van der Waals surface area contributed by atoms with E-state index in [4.69, 9.17) is 4.74 Å². The van der Waals surface area contributed by atoms with Gasteiger partial charge < -0.3 is 20.3 Å². The molecule has 1 amide bonds. The lowest BCUT2D eigenvalue weighted by Crippen LogP contribution is -2.45. The van der Waals surface area contributed by atoms with Gasteiger partial charge in [0, 0.05) is 63.5 Å². The summed E-state index contributed by atoms with van der Waals surface area (Å²) in [7, 11) is 0. The number of ether oxygens (including phenoxy) is 1. The monoisotopic (exact) mass is 541 g/mol. The molecule has 2 aromatic rings. The number of alkyl halides is 3. The fraction of sp³-hybridized carbons (Fsp3) is 0.448. The van der Waals surface area contributed by atoms with E-state index in [9.17, 15) is 18.0 Å². The molecule has 7 nitrogen and oxygen atoms in total. The smallest absolute Gasteiger partial charge is 0.416 e. The first-order valence-electron chi connectivity index (χ1n) is 13.4. The number of piperazine rings is 1. The lowest BCUT2D eigenvalue weighted by molar-refractivity contribution is -0.138. The van der Waals surface area contributed by atoms with E-state index in [2.05, 4.69) is 38.4 Å². The third-order valence-electron chi connectivity index (χ3n) is 7.51. The number of rotatable bonds is 9. The highest BCUT2D eigenvalue weighted by molar-refractivity contribution is 6.11. The molecular formula is C29H34F3N5O2. The molecule has 0 radical (unpaired) electrons. The molecule has 0 aromatic heterocycles. The Bertz CT molecular complexity index is 1220. The molecule has 39 heavy (non-hydrogen) atoms. The summed E-state index contributed by atoms with van der Waals surface area (Å²) in [5, 5.41) is 5.90. The minimum Gasteiger partial charge on any atom is -0.492 e. The van der Waals surface area contributed by atoms with Gasteiger partial charge in [0.2, 0.25) is 5.91 Å². The van der Waals surface area contributed by atoms with E-state index in [1.165, 1.54) is 6.07 Å². The molecule has 2 saturated heterocycles. The second kappa shape index (κ2) is 11.8. The van der Waals surface area contributed by atoms with Crippen molar-refractivity contribution in [3.8, 4) is 5.75 Å². The van der Waals surface area contributed by atoms with Gasteiger partial charge in [-0.25, -0.2) is 0 Å². The van der Waals surface area contributed by atoms with Gasteiger partial charge in [0.05, 0.1) is 5.56 Å². The number of allylic oxidation sites excluding steroid dienone is 1. The average Bonchev–Trinajstić information content (AvgIpc) is 3.31. The molecule has 0 saturated carbocycles. The molecule has 2 atom stereocenters. The van der Waals surface area contributed by atoms with Crippen molar-refractivity contribution in [3.05, 3.63) is 65.2 Å². The van der Waals surface area contributed by atoms with Crippen molar-refractivity contribution in [2.45, 2.75) is 32.2 Å². The standard InChI is InChI=1S/C29H34F3N5O2/c1-2-36-10-12-37(13-11-36)19-21-3-6-24(17-26(21)29(30,31)32)33-9-14-39-25-7-4-20(5-8-25)23-15-22-16-27(38)35-28(22)34-18-23/h3-8,15,17-18,22,28,33H,2,9-14,16,19H2,1H3,(H,35,38). The van der Waals surface area contributed by atoms with Gasteiger partial charge in [0.15, 0.2) is 0 Å². The second-order valence-electron chi connectivity index (χ2n) is 10.2. The number of anilines is 1. The lowest BCUT2D eigenvalue weighted by atomic mass is 9.96. The molecule has 3 heterocycles. The van der Waals surface area contributed by atoms with Crippen molar-refractivity contribution in [2.75, 3.05) is 51.2 Å². The molecule has 3 aliphatic heterocycles. The van der Waals surface area contributed by atoms with E-state index in [1.54, 1.807) is 18.3 Å². The van der Waals surface area contributed by atoms with Crippen molar-refractivity contribution >= 4 is 23.4 Å². The molecule has 0 bridgehead atoms. The van der Waals surface area contributed by atoms with Gasteiger partial charge in [-0.1, -0.05) is 31.2 Å². The van der Waals surface area contributed by atoms with Crippen molar-refractivity contribution < 1.29 is 22.7 Å². The van der Waals surface area contributed by atoms with Crippen LogP contribution in [0.3, 0.4) is 0 Å². The summed E-state index contributed by atoms with van der Waals surface area (Å²) in [6.45, 7) is 7.33. The number of amides is 1. The normalized spacial score (nSPS) is 21.8. The van der Waals surface area contributed by atoms with E-state index in [1.807, 2.05) is 24.3 Å². The number of benzene rings is 2. The highest BCUT2D eigenvalue weighted by Gasteiger charge is 2.34. The first kappa shape index (κ1) is 27.2. The van der Waals surface area contributed by atoms with Crippen LogP contribution >= 0.6 is 0 Å². The van der Waals surface area contributed by atoms with Gasteiger partial charge in [-0.2, -0.15) is 13.2 Å². The van der Waals surface area contributed by atoms with Gasteiger partial charge in [-0.3, -0.25) is 14.7 Å². The Kier molecular flexibility index (Phi) is 8.23. The highest BCUT2D eigenvalue weighted by atomic mass is 19.4. The Morgan fingerprint density at radius 3 is 2.54 bits per heavy atom. The predicted octanol–water partition coefficient (Wildman–Crippen LogP) is 4.26. The zero-order valence-corrected chi connectivity index (χ0v) is 22.0. The third kappa shape index (κ3) is 6.80. The molecule has 0 aliphatic carbocycles. The van der Waals surface area contributed by atoms with Crippen molar-refractivity contribution in [3.63, 3.8) is 0 Å². The second-order valence-corrected chi connectivity index (χ2v) is 10.2. The van der Waals surface area contributed by atoms with E-state index < -0.39 is 11.7 Å². The fourth-order valence-corrected chi connectivity index (χ4v) is 5.26. The minimum atomic E-state index is -4.42. The van der Waals surface area contributed by atoms with Gasteiger partial charge in [-0.15, -0.1) is 0 Å². The van der Waals surface area contributed by atoms with Gasteiger partial charge in [-0.05, 0) is 47.5 Å². The number of hydrogen-bond acceptors (Lipinski definition) is 6. The maximum Gasteiger partial charge on any atom is 0.416 e. The number of aliphatic imine (C=N–C) groups is 1. The molecule has 2 aromatic carbocycles. The van der Waals surface area contributed by atoms with E-state index in [0.29, 0.717) is 43.1 Å². The summed E-state index contributed by atoms with van der Waals surface area (Å²) >= 11 is 0. The van der Waals surface area contributed by atoms with Crippen LogP contribution in [0.4, 0.5) is 18.9 Å². The molecule has 2 unspecified atom stereocenters. The average molecular weight is 542 g/mol. The highest BCUT2D eigenvalue weighted by Crippen LogP contribution is 2.35. The number of carbonyl (C=O) groups is 1.